The quantitative estimate of drug-likeness (QED) is 0.676. The number of carbonyl (C=O) groups excluding carboxylic acids is 2. The first-order valence-corrected chi connectivity index (χ1v) is 8.04. The molecule has 0 unspecified atom stereocenters. The minimum Gasteiger partial charge on any atom is -0.469 e. The number of aryl methyl sites for hydroxylation is 1. The van der Waals surface area contributed by atoms with E-state index in [0.717, 1.165) is 4.47 Å². The number of nitrogens with zero attached hydrogens (tertiary/aromatic N) is 2. The number of nitrogens with one attached hydrogen (secondary N) is 2. The van der Waals surface area contributed by atoms with Gasteiger partial charge in [-0.05, 0) is 31.2 Å². The summed E-state index contributed by atoms with van der Waals surface area (Å²) in [6.45, 7) is 1.53. The molecule has 8 nitrogen and oxygen atoms in total. The Morgan fingerprint density at radius 3 is 2.80 bits per heavy atom. The average molecular weight is 405 g/mol. The van der Waals surface area contributed by atoms with Crippen molar-refractivity contribution in [3.05, 3.63) is 52.4 Å². The molecular formula is C16H13BrN4O4. The second-order valence-corrected chi connectivity index (χ2v) is 5.96. The highest BCUT2D eigenvalue weighted by Gasteiger charge is 2.15. The highest BCUT2D eigenvalue weighted by molar-refractivity contribution is 9.10. The van der Waals surface area contributed by atoms with Crippen molar-refractivity contribution in [3.63, 3.8) is 0 Å². The molecule has 0 bridgehead atoms. The van der Waals surface area contributed by atoms with Crippen LogP contribution in [-0.4, -0.2) is 28.6 Å². The summed E-state index contributed by atoms with van der Waals surface area (Å²) in [6, 6.07) is 8.47. The summed E-state index contributed by atoms with van der Waals surface area (Å²) >= 11 is 3.28. The van der Waals surface area contributed by atoms with Gasteiger partial charge in [-0.2, -0.15) is 0 Å². The molecule has 0 aliphatic rings. The molecule has 9 heteroatoms. The summed E-state index contributed by atoms with van der Waals surface area (Å²) in [6.07, 6.45) is 1.50. The lowest BCUT2D eigenvalue weighted by Gasteiger charge is -2.04. The first-order valence-electron chi connectivity index (χ1n) is 7.24. The molecule has 128 valence electrons. The minimum absolute atomic E-state index is 0.0581. The largest absolute Gasteiger partial charge is 0.469 e. The van der Waals surface area contributed by atoms with Gasteiger partial charge in [-0.25, -0.2) is 0 Å². The van der Waals surface area contributed by atoms with Gasteiger partial charge in [0.2, 0.25) is 5.91 Å². The Labute approximate surface area is 150 Å². The van der Waals surface area contributed by atoms with E-state index in [1.54, 1.807) is 37.3 Å². The van der Waals surface area contributed by atoms with Gasteiger partial charge in [-0.1, -0.05) is 27.1 Å². The van der Waals surface area contributed by atoms with Crippen LogP contribution < -0.4 is 10.6 Å². The highest BCUT2D eigenvalue weighted by Crippen LogP contribution is 2.23. The first-order chi connectivity index (χ1) is 12.0. The van der Waals surface area contributed by atoms with Crippen molar-refractivity contribution in [2.75, 3.05) is 11.9 Å². The number of benzene rings is 1. The molecule has 3 rings (SSSR count). The van der Waals surface area contributed by atoms with Crippen LogP contribution in [0.3, 0.4) is 0 Å². The maximum absolute atomic E-state index is 12.0. The molecule has 3 aromatic rings. The van der Waals surface area contributed by atoms with Crippen LogP contribution in [0.25, 0.3) is 11.5 Å². The Bertz CT molecular complexity index is 918. The second-order valence-electron chi connectivity index (χ2n) is 5.04. The molecule has 25 heavy (non-hydrogen) atoms. The number of hydrogen-bond donors (Lipinski definition) is 2. The van der Waals surface area contributed by atoms with E-state index in [0.29, 0.717) is 16.9 Å². The Kier molecular flexibility index (Phi) is 4.94. The van der Waals surface area contributed by atoms with Crippen LogP contribution in [0.1, 0.15) is 16.1 Å². The number of halogens is 1. The lowest BCUT2D eigenvalue weighted by molar-refractivity contribution is -0.115. The molecular weight excluding hydrogens is 392 g/mol. The van der Waals surface area contributed by atoms with Crippen LogP contribution >= 0.6 is 15.9 Å². The number of rotatable bonds is 5. The summed E-state index contributed by atoms with van der Waals surface area (Å²) in [4.78, 5) is 23.9. The normalized spacial score (nSPS) is 10.5. The molecule has 2 heterocycles. The van der Waals surface area contributed by atoms with E-state index in [1.807, 2.05) is 0 Å². The molecule has 2 aromatic heterocycles. The Balaban J connectivity index is 1.55. The van der Waals surface area contributed by atoms with Crippen LogP contribution in [0.2, 0.25) is 0 Å². The maximum Gasteiger partial charge on any atom is 0.322 e. The minimum atomic E-state index is -0.484. The predicted octanol–water partition coefficient (Wildman–Crippen LogP) is 2.77. The smallest absolute Gasteiger partial charge is 0.322 e. The summed E-state index contributed by atoms with van der Waals surface area (Å²) in [5.41, 5.74) is 1.09. The average Bonchev–Trinajstić information content (AvgIpc) is 3.21. The topological polar surface area (TPSA) is 110 Å². The van der Waals surface area contributed by atoms with E-state index >= 15 is 0 Å². The number of furan rings is 1. The van der Waals surface area contributed by atoms with Gasteiger partial charge in [0.05, 0.1) is 18.4 Å². The van der Waals surface area contributed by atoms with Crippen molar-refractivity contribution >= 4 is 33.8 Å². The number of amides is 2. The molecule has 0 atom stereocenters. The molecule has 1 aromatic carbocycles. The van der Waals surface area contributed by atoms with Crippen LogP contribution in [0.4, 0.5) is 6.01 Å². The summed E-state index contributed by atoms with van der Waals surface area (Å²) < 4.78 is 11.3. The number of anilines is 1. The van der Waals surface area contributed by atoms with Crippen molar-refractivity contribution in [1.29, 1.82) is 0 Å². The van der Waals surface area contributed by atoms with E-state index in [4.69, 9.17) is 8.83 Å². The van der Waals surface area contributed by atoms with Gasteiger partial charge in [0.15, 0.2) is 0 Å². The molecule has 0 radical (unpaired) electrons. The zero-order valence-electron chi connectivity index (χ0n) is 13.1. The summed E-state index contributed by atoms with van der Waals surface area (Å²) in [5.74, 6) is 0.0154. The predicted molar refractivity (Wildman–Crippen MR) is 91.8 cm³/mol. The Hall–Kier alpha value is -2.94. The van der Waals surface area contributed by atoms with Crippen molar-refractivity contribution in [2.45, 2.75) is 6.92 Å². The van der Waals surface area contributed by atoms with Gasteiger partial charge in [-0.15, -0.1) is 5.10 Å². The molecule has 2 amide bonds. The molecule has 0 aliphatic carbocycles. The summed E-state index contributed by atoms with van der Waals surface area (Å²) in [5, 5.41) is 12.5. The van der Waals surface area contributed by atoms with Crippen molar-refractivity contribution < 1.29 is 18.4 Å². The van der Waals surface area contributed by atoms with E-state index < -0.39 is 5.91 Å². The fourth-order valence-electron chi connectivity index (χ4n) is 2.05. The van der Waals surface area contributed by atoms with Gasteiger partial charge in [-0.3, -0.25) is 14.9 Å². The third kappa shape index (κ3) is 4.13. The lowest BCUT2D eigenvalue weighted by atomic mass is 10.2. The number of carbonyl (C=O) groups is 2. The van der Waals surface area contributed by atoms with Gasteiger partial charge in [0.1, 0.15) is 5.76 Å². The highest BCUT2D eigenvalue weighted by atomic mass is 79.9. The van der Waals surface area contributed by atoms with Crippen LogP contribution in [0, 0.1) is 6.92 Å². The van der Waals surface area contributed by atoms with Gasteiger partial charge in [0.25, 0.3) is 11.8 Å². The Morgan fingerprint density at radius 1 is 1.24 bits per heavy atom. The number of aromatic nitrogens is 2. The third-order valence-electron chi connectivity index (χ3n) is 3.26. The zero-order valence-corrected chi connectivity index (χ0v) is 14.7. The van der Waals surface area contributed by atoms with Gasteiger partial charge in [0, 0.05) is 10.0 Å². The fraction of sp³-hybridized carbons (Fsp3) is 0.125. The van der Waals surface area contributed by atoms with Crippen molar-refractivity contribution in [1.82, 2.24) is 15.5 Å². The Morgan fingerprint density at radius 2 is 2.08 bits per heavy atom. The SMILES string of the molecule is Cc1occc1-c1nnc(NC(=O)CNC(=O)c2cccc(Br)c2)o1. The molecule has 0 saturated carbocycles. The number of hydrogen-bond acceptors (Lipinski definition) is 6. The summed E-state index contributed by atoms with van der Waals surface area (Å²) in [7, 11) is 0. The second kappa shape index (κ2) is 7.31. The third-order valence-corrected chi connectivity index (χ3v) is 3.75. The van der Waals surface area contributed by atoms with E-state index in [9.17, 15) is 9.59 Å². The van der Waals surface area contributed by atoms with Crippen LogP contribution in [-0.2, 0) is 4.79 Å². The monoisotopic (exact) mass is 404 g/mol. The maximum atomic E-state index is 12.0. The molecule has 0 spiro atoms. The van der Waals surface area contributed by atoms with E-state index in [1.165, 1.54) is 6.26 Å². The van der Waals surface area contributed by atoms with Gasteiger partial charge < -0.3 is 14.2 Å². The molecule has 0 saturated heterocycles. The molecule has 0 fully saturated rings. The zero-order chi connectivity index (χ0) is 17.8. The fourth-order valence-corrected chi connectivity index (χ4v) is 2.44. The van der Waals surface area contributed by atoms with E-state index in [-0.39, 0.29) is 24.4 Å². The van der Waals surface area contributed by atoms with Crippen LogP contribution in [0.5, 0.6) is 0 Å². The molecule has 2 N–H and O–H groups in total. The van der Waals surface area contributed by atoms with Crippen molar-refractivity contribution in [2.24, 2.45) is 0 Å². The van der Waals surface area contributed by atoms with Crippen LogP contribution in [0.15, 0.2) is 49.9 Å². The van der Waals surface area contributed by atoms with Crippen molar-refractivity contribution in [3.8, 4) is 11.5 Å². The first kappa shape index (κ1) is 16.9. The molecule has 0 aliphatic heterocycles. The lowest BCUT2D eigenvalue weighted by Crippen LogP contribution is -2.32. The standard InChI is InChI=1S/C16H13BrN4O4/c1-9-12(5-6-24-9)15-20-21-16(25-15)19-13(22)8-18-14(23)10-3-2-4-11(17)7-10/h2-7H,8H2,1H3,(H,18,23)(H,19,21,22). The van der Waals surface area contributed by atoms with Gasteiger partial charge >= 0.3 is 6.01 Å². The van der Waals surface area contributed by atoms with E-state index in [2.05, 4.69) is 36.8 Å².